The predicted octanol–water partition coefficient (Wildman–Crippen LogP) is 3.45. The Morgan fingerprint density at radius 3 is 2.33 bits per heavy atom. The van der Waals surface area contributed by atoms with Crippen LogP contribution in [0, 0.1) is 0 Å². The maximum Gasteiger partial charge on any atom is 0.434 e. The van der Waals surface area contributed by atoms with Crippen LogP contribution in [0.25, 0.3) is 0 Å². The van der Waals surface area contributed by atoms with Crippen LogP contribution < -0.4 is 10.1 Å². The van der Waals surface area contributed by atoms with Crippen molar-refractivity contribution in [1.29, 1.82) is 0 Å². The summed E-state index contributed by atoms with van der Waals surface area (Å²) in [5.41, 5.74) is 0.178. The highest BCUT2D eigenvalue weighted by Gasteiger charge is 2.59. The normalized spacial score (nSPS) is 12.8. The highest BCUT2D eigenvalue weighted by molar-refractivity contribution is 5.30. The molecule has 0 saturated carbocycles. The Morgan fingerprint density at radius 1 is 1.19 bits per heavy atom. The molecule has 3 nitrogen and oxygen atoms in total. The summed E-state index contributed by atoms with van der Waals surface area (Å²) in [7, 11) is 0. The van der Waals surface area contributed by atoms with Gasteiger partial charge in [0.2, 0.25) is 0 Å². The van der Waals surface area contributed by atoms with Crippen LogP contribution in [0.15, 0.2) is 18.5 Å². The Hall–Kier alpha value is -1.51. The third-order valence-electron chi connectivity index (χ3n) is 2.45. The minimum Gasteiger partial charge on any atom is -0.469 e. The zero-order chi connectivity index (χ0) is 16.1. The van der Waals surface area contributed by atoms with Gasteiger partial charge in [-0.3, -0.25) is 4.98 Å². The van der Waals surface area contributed by atoms with Crippen molar-refractivity contribution in [2.24, 2.45) is 0 Å². The molecule has 0 aromatic carbocycles. The summed E-state index contributed by atoms with van der Waals surface area (Å²) in [6.45, 7) is 2.54. The lowest BCUT2D eigenvalue weighted by molar-refractivity contribution is -0.300. The molecule has 120 valence electrons. The summed E-state index contributed by atoms with van der Waals surface area (Å²) >= 11 is 0. The molecule has 1 aromatic rings. The molecule has 1 aromatic heterocycles. The molecule has 0 atom stereocenters. The fraction of sp³-hybridized carbons (Fsp3) is 0.583. The van der Waals surface area contributed by atoms with Crippen molar-refractivity contribution in [2.75, 3.05) is 6.54 Å². The summed E-state index contributed by atoms with van der Waals surface area (Å²) in [5, 5.41) is 2.87. The number of rotatable bonds is 6. The lowest BCUT2D eigenvalue weighted by atomic mass is 10.2. The van der Waals surface area contributed by atoms with E-state index in [1.54, 1.807) is 0 Å². The smallest absolute Gasteiger partial charge is 0.434 e. The van der Waals surface area contributed by atoms with E-state index in [4.69, 9.17) is 0 Å². The first-order valence-corrected chi connectivity index (χ1v) is 6.10. The molecule has 0 fully saturated rings. The summed E-state index contributed by atoms with van der Waals surface area (Å²) in [6, 6.07) is 1.31. The van der Waals surface area contributed by atoms with E-state index in [1.165, 1.54) is 12.3 Å². The van der Waals surface area contributed by atoms with Gasteiger partial charge in [-0.25, -0.2) is 0 Å². The van der Waals surface area contributed by atoms with Crippen LogP contribution in [-0.2, 0) is 6.54 Å². The van der Waals surface area contributed by atoms with Crippen molar-refractivity contribution < 1.29 is 31.1 Å². The van der Waals surface area contributed by atoms with E-state index < -0.39 is 24.2 Å². The number of pyridine rings is 1. The molecule has 9 heteroatoms. The number of alkyl halides is 6. The monoisotopic (exact) mass is 316 g/mol. The Bertz CT molecular complexity index is 432. The van der Waals surface area contributed by atoms with E-state index in [0.29, 0.717) is 6.54 Å². The highest BCUT2D eigenvalue weighted by atomic mass is 19.4. The average molecular weight is 316 g/mol. The molecule has 0 aliphatic carbocycles. The van der Waals surface area contributed by atoms with Crippen molar-refractivity contribution in [3.05, 3.63) is 24.0 Å². The summed E-state index contributed by atoms with van der Waals surface area (Å²) in [6.07, 6.45) is -12.1. The third-order valence-corrected chi connectivity index (χ3v) is 2.45. The van der Waals surface area contributed by atoms with E-state index in [9.17, 15) is 26.3 Å². The van der Waals surface area contributed by atoms with Crippen LogP contribution >= 0.6 is 0 Å². The van der Waals surface area contributed by atoms with Gasteiger partial charge >= 0.3 is 12.4 Å². The summed E-state index contributed by atoms with van der Waals surface area (Å²) in [5.74, 6) is -0.541. The van der Waals surface area contributed by atoms with Crippen LogP contribution in [0.5, 0.6) is 5.75 Å². The van der Waals surface area contributed by atoms with Gasteiger partial charge in [0.25, 0.3) is 6.10 Å². The maximum atomic E-state index is 12.5. The molecule has 0 radical (unpaired) electrons. The van der Waals surface area contributed by atoms with E-state index in [0.717, 1.165) is 12.6 Å². The van der Waals surface area contributed by atoms with Crippen molar-refractivity contribution in [2.45, 2.75) is 38.3 Å². The van der Waals surface area contributed by atoms with Crippen molar-refractivity contribution in [3.8, 4) is 5.75 Å². The molecular formula is C12H14F6N2O. The Morgan fingerprint density at radius 2 is 1.81 bits per heavy atom. The Kier molecular flexibility index (Phi) is 5.82. The van der Waals surface area contributed by atoms with Gasteiger partial charge < -0.3 is 10.1 Å². The van der Waals surface area contributed by atoms with Crippen LogP contribution in [-0.4, -0.2) is 30.0 Å². The zero-order valence-electron chi connectivity index (χ0n) is 11.1. The topological polar surface area (TPSA) is 34.2 Å². The number of hydrogen-bond donors (Lipinski definition) is 1. The first-order chi connectivity index (χ1) is 9.66. The van der Waals surface area contributed by atoms with Gasteiger partial charge in [-0.05, 0) is 19.0 Å². The molecule has 0 aliphatic rings. The number of hydrogen-bond acceptors (Lipinski definition) is 3. The number of nitrogens with one attached hydrogen (secondary N) is 1. The molecule has 1 rings (SSSR count). The molecule has 1 heterocycles. The van der Waals surface area contributed by atoms with Crippen molar-refractivity contribution in [1.82, 2.24) is 10.3 Å². The van der Waals surface area contributed by atoms with Crippen LogP contribution in [0.1, 0.15) is 18.9 Å². The summed E-state index contributed by atoms with van der Waals surface area (Å²) < 4.78 is 78.9. The van der Waals surface area contributed by atoms with Gasteiger partial charge in [-0.1, -0.05) is 6.92 Å². The lowest BCUT2D eigenvalue weighted by Crippen LogP contribution is -2.46. The van der Waals surface area contributed by atoms with Gasteiger partial charge in [0, 0.05) is 18.3 Å². The van der Waals surface area contributed by atoms with Crippen molar-refractivity contribution >= 4 is 0 Å². The molecule has 0 aliphatic heterocycles. The first-order valence-electron chi connectivity index (χ1n) is 6.10. The first kappa shape index (κ1) is 17.5. The Labute approximate surface area is 117 Å². The van der Waals surface area contributed by atoms with Crippen LogP contribution in [0.4, 0.5) is 26.3 Å². The maximum absolute atomic E-state index is 12.5. The van der Waals surface area contributed by atoms with Crippen LogP contribution in [0.2, 0.25) is 0 Å². The standard InChI is InChI=1S/C12H14F6N2O/c1-2-4-19-6-8-3-5-20-7-9(8)21-10(11(13,14)15)12(16,17)18/h3,5,7,10,19H,2,4,6H2,1H3. The molecule has 0 bridgehead atoms. The minimum absolute atomic E-state index is 0.0914. The largest absolute Gasteiger partial charge is 0.469 e. The second kappa shape index (κ2) is 6.97. The van der Waals surface area contributed by atoms with Gasteiger partial charge in [0.1, 0.15) is 5.75 Å². The zero-order valence-corrected chi connectivity index (χ0v) is 11.1. The van der Waals surface area contributed by atoms with Gasteiger partial charge in [0.15, 0.2) is 0 Å². The second-order valence-corrected chi connectivity index (χ2v) is 4.24. The fourth-order valence-corrected chi connectivity index (χ4v) is 1.51. The van der Waals surface area contributed by atoms with E-state index in [1.807, 2.05) is 6.92 Å². The van der Waals surface area contributed by atoms with E-state index >= 15 is 0 Å². The predicted molar refractivity (Wildman–Crippen MR) is 62.8 cm³/mol. The SMILES string of the molecule is CCCNCc1ccncc1OC(C(F)(F)F)C(F)(F)F. The summed E-state index contributed by atoms with van der Waals surface area (Å²) in [4.78, 5) is 3.50. The van der Waals surface area contributed by atoms with Crippen molar-refractivity contribution in [3.63, 3.8) is 0 Å². The third kappa shape index (κ3) is 5.41. The Balaban J connectivity index is 2.94. The van der Waals surface area contributed by atoms with Crippen LogP contribution in [0.3, 0.4) is 0 Å². The van der Waals surface area contributed by atoms with E-state index in [2.05, 4.69) is 15.0 Å². The highest BCUT2D eigenvalue weighted by Crippen LogP contribution is 2.37. The minimum atomic E-state index is -5.55. The van der Waals surface area contributed by atoms with E-state index in [-0.39, 0.29) is 12.1 Å². The van der Waals surface area contributed by atoms with Gasteiger partial charge in [0.05, 0.1) is 6.20 Å². The molecular weight excluding hydrogens is 302 g/mol. The molecule has 0 spiro atoms. The second-order valence-electron chi connectivity index (χ2n) is 4.24. The quantitative estimate of drug-likeness (QED) is 0.645. The average Bonchev–Trinajstić information content (AvgIpc) is 2.35. The number of ether oxygens (including phenoxy) is 1. The van der Waals surface area contributed by atoms with Gasteiger partial charge in [-0.15, -0.1) is 0 Å². The fourth-order valence-electron chi connectivity index (χ4n) is 1.51. The van der Waals surface area contributed by atoms with Gasteiger partial charge in [-0.2, -0.15) is 26.3 Å². The lowest BCUT2D eigenvalue weighted by Gasteiger charge is -2.24. The number of aromatic nitrogens is 1. The molecule has 0 amide bonds. The number of nitrogens with zero attached hydrogens (tertiary/aromatic N) is 1. The molecule has 1 N–H and O–H groups in total. The molecule has 21 heavy (non-hydrogen) atoms. The molecule has 0 saturated heterocycles. The molecule has 0 unspecified atom stereocenters. The number of halogens is 6.